The van der Waals surface area contributed by atoms with E-state index in [9.17, 15) is 4.79 Å². The van der Waals surface area contributed by atoms with Gasteiger partial charge in [0, 0.05) is 17.6 Å². The molecular weight excluding hydrogens is 268 g/mol. The van der Waals surface area contributed by atoms with Gasteiger partial charge in [0.2, 0.25) is 5.91 Å². The van der Waals surface area contributed by atoms with E-state index >= 15 is 0 Å². The van der Waals surface area contributed by atoms with Crippen molar-refractivity contribution in [3.8, 4) is 0 Å². The number of benzene rings is 1. The minimum absolute atomic E-state index is 0.0462. The van der Waals surface area contributed by atoms with Crippen LogP contribution in [0, 0.1) is 0 Å². The molecule has 6 nitrogen and oxygen atoms in total. The molecule has 1 atom stereocenters. The molecule has 0 aliphatic heterocycles. The fourth-order valence-corrected chi connectivity index (χ4v) is 1.74. The molecule has 0 heterocycles. The highest BCUT2D eigenvalue weighted by molar-refractivity contribution is 5.97. The number of oxime groups is 1. The van der Waals surface area contributed by atoms with E-state index in [1.807, 2.05) is 45.9 Å². The molecule has 1 rings (SSSR count). The Balaban J connectivity index is 2.61. The summed E-state index contributed by atoms with van der Waals surface area (Å²) in [6.07, 6.45) is 0. The molecule has 0 radical (unpaired) electrons. The number of amides is 1. The third-order valence-corrected chi connectivity index (χ3v) is 2.83. The molecule has 1 aromatic rings. The van der Waals surface area contributed by atoms with E-state index in [4.69, 9.17) is 10.9 Å². The van der Waals surface area contributed by atoms with Crippen molar-refractivity contribution in [3.05, 3.63) is 35.4 Å². The average Bonchev–Trinajstić information content (AvgIpc) is 2.42. The maximum Gasteiger partial charge on any atom is 0.237 e. The predicted octanol–water partition coefficient (Wildman–Crippen LogP) is 1.17. The van der Waals surface area contributed by atoms with Crippen molar-refractivity contribution in [2.45, 2.75) is 45.8 Å². The minimum atomic E-state index is -0.309. The maximum absolute atomic E-state index is 12.0. The lowest BCUT2D eigenvalue weighted by atomic mass is 10.1. The van der Waals surface area contributed by atoms with Gasteiger partial charge < -0.3 is 21.6 Å². The van der Waals surface area contributed by atoms with Gasteiger partial charge in [-0.2, -0.15) is 0 Å². The summed E-state index contributed by atoms with van der Waals surface area (Å²) in [5.41, 5.74) is 6.90. The highest BCUT2D eigenvalue weighted by Crippen LogP contribution is 2.06. The lowest BCUT2D eigenvalue weighted by Gasteiger charge is -2.23. The number of nitrogens with zero attached hydrogens (tertiary/aromatic N) is 1. The first-order chi connectivity index (χ1) is 9.73. The van der Waals surface area contributed by atoms with Crippen LogP contribution in [0.3, 0.4) is 0 Å². The van der Waals surface area contributed by atoms with Crippen LogP contribution in [0.25, 0.3) is 0 Å². The molecular formula is C15H24N4O2. The van der Waals surface area contributed by atoms with Gasteiger partial charge in [-0.1, -0.05) is 23.4 Å². The summed E-state index contributed by atoms with van der Waals surface area (Å²) in [5.74, 6) is 0.0189. The van der Waals surface area contributed by atoms with Crippen LogP contribution < -0.4 is 16.4 Å². The smallest absolute Gasteiger partial charge is 0.237 e. The first-order valence-corrected chi connectivity index (χ1v) is 6.85. The fourth-order valence-electron chi connectivity index (χ4n) is 1.74. The van der Waals surface area contributed by atoms with Gasteiger partial charge >= 0.3 is 0 Å². The summed E-state index contributed by atoms with van der Waals surface area (Å²) in [5, 5.41) is 17.7. The number of carbonyl (C=O) groups excluding carboxylic acids is 1. The van der Waals surface area contributed by atoms with Crippen LogP contribution in [0.5, 0.6) is 0 Å². The van der Waals surface area contributed by atoms with Gasteiger partial charge in [-0.15, -0.1) is 0 Å². The van der Waals surface area contributed by atoms with Crippen molar-refractivity contribution in [1.29, 1.82) is 0 Å². The highest BCUT2D eigenvalue weighted by Gasteiger charge is 2.18. The van der Waals surface area contributed by atoms with Gasteiger partial charge in [0.25, 0.3) is 0 Å². The van der Waals surface area contributed by atoms with Crippen LogP contribution in [0.2, 0.25) is 0 Å². The number of hydrogen-bond acceptors (Lipinski definition) is 4. The minimum Gasteiger partial charge on any atom is -0.409 e. The Hall–Kier alpha value is -2.08. The van der Waals surface area contributed by atoms with E-state index in [0.29, 0.717) is 12.1 Å². The summed E-state index contributed by atoms with van der Waals surface area (Å²) >= 11 is 0. The summed E-state index contributed by atoms with van der Waals surface area (Å²) in [4.78, 5) is 12.0. The molecule has 0 fully saturated rings. The number of amidine groups is 1. The van der Waals surface area contributed by atoms with Crippen molar-refractivity contribution in [2.24, 2.45) is 10.9 Å². The number of hydrogen-bond donors (Lipinski definition) is 4. The standard InChI is InChI=1S/C15H24N4O2/c1-10(14(20)18-15(2,3)4)17-9-11-6-5-7-12(8-11)13(16)19-21/h5-8,10,17,21H,9H2,1-4H3,(H2,16,19)(H,18,20). The molecule has 6 heteroatoms. The molecule has 0 aromatic heterocycles. The molecule has 5 N–H and O–H groups in total. The fraction of sp³-hybridized carbons (Fsp3) is 0.467. The van der Waals surface area contributed by atoms with Gasteiger partial charge in [0.05, 0.1) is 6.04 Å². The van der Waals surface area contributed by atoms with Crippen molar-refractivity contribution < 1.29 is 10.0 Å². The lowest BCUT2D eigenvalue weighted by molar-refractivity contribution is -0.124. The Labute approximate surface area is 125 Å². The Morgan fingerprint density at radius 3 is 2.67 bits per heavy atom. The number of nitrogens with two attached hydrogens (primary N) is 1. The molecule has 0 aliphatic carbocycles. The second-order valence-electron chi connectivity index (χ2n) is 6.03. The molecule has 1 aromatic carbocycles. The molecule has 116 valence electrons. The first-order valence-electron chi connectivity index (χ1n) is 6.85. The third-order valence-electron chi connectivity index (χ3n) is 2.83. The van der Waals surface area contributed by atoms with E-state index in [0.717, 1.165) is 5.56 Å². The average molecular weight is 292 g/mol. The molecule has 0 aliphatic rings. The normalized spacial score (nSPS) is 13.8. The third kappa shape index (κ3) is 5.83. The van der Waals surface area contributed by atoms with Crippen molar-refractivity contribution in [3.63, 3.8) is 0 Å². The topological polar surface area (TPSA) is 99.7 Å². The van der Waals surface area contributed by atoms with E-state index in [1.165, 1.54) is 0 Å². The quantitative estimate of drug-likeness (QED) is 0.283. The first kappa shape index (κ1) is 17.0. The van der Waals surface area contributed by atoms with Gasteiger partial charge in [-0.25, -0.2) is 0 Å². The molecule has 0 saturated carbocycles. The van der Waals surface area contributed by atoms with Crippen molar-refractivity contribution in [2.75, 3.05) is 0 Å². The Morgan fingerprint density at radius 1 is 1.43 bits per heavy atom. The Morgan fingerprint density at radius 2 is 2.10 bits per heavy atom. The monoisotopic (exact) mass is 292 g/mol. The van der Waals surface area contributed by atoms with Crippen LogP contribution in [0.15, 0.2) is 29.4 Å². The molecule has 1 amide bonds. The molecule has 21 heavy (non-hydrogen) atoms. The molecule has 0 saturated heterocycles. The van der Waals surface area contributed by atoms with Gasteiger partial charge in [0.15, 0.2) is 5.84 Å². The second kappa shape index (κ2) is 7.08. The van der Waals surface area contributed by atoms with Gasteiger partial charge in [-0.3, -0.25) is 4.79 Å². The van der Waals surface area contributed by atoms with Gasteiger partial charge in [0.1, 0.15) is 0 Å². The lowest BCUT2D eigenvalue weighted by Crippen LogP contribution is -2.49. The van der Waals surface area contributed by atoms with E-state index in [1.54, 1.807) is 6.07 Å². The maximum atomic E-state index is 12.0. The van der Waals surface area contributed by atoms with E-state index < -0.39 is 0 Å². The van der Waals surface area contributed by atoms with E-state index in [-0.39, 0.29) is 23.3 Å². The zero-order valence-electron chi connectivity index (χ0n) is 13.0. The number of rotatable bonds is 5. The van der Waals surface area contributed by atoms with E-state index in [2.05, 4.69) is 15.8 Å². The summed E-state index contributed by atoms with van der Waals surface area (Å²) in [6, 6.07) is 7.00. The number of carbonyl (C=O) groups is 1. The zero-order valence-corrected chi connectivity index (χ0v) is 13.0. The van der Waals surface area contributed by atoms with Crippen LogP contribution in [0.1, 0.15) is 38.8 Å². The predicted molar refractivity (Wildman–Crippen MR) is 83.2 cm³/mol. The molecule has 0 spiro atoms. The van der Waals surface area contributed by atoms with Crippen LogP contribution in [0.4, 0.5) is 0 Å². The summed E-state index contributed by atoms with van der Waals surface area (Å²) in [6.45, 7) is 8.16. The Kier molecular flexibility index (Phi) is 5.72. The summed E-state index contributed by atoms with van der Waals surface area (Å²) in [7, 11) is 0. The van der Waals surface area contributed by atoms with Crippen molar-refractivity contribution in [1.82, 2.24) is 10.6 Å². The Bertz CT molecular complexity index is 521. The van der Waals surface area contributed by atoms with Crippen molar-refractivity contribution >= 4 is 11.7 Å². The molecule has 1 unspecified atom stereocenters. The van der Waals surface area contributed by atoms with Gasteiger partial charge in [-0.05, 0) is 39.3 Å². The second-order valence-corrected chi connectivity index (χ2v) is 6.03. The number of nitrogens with one attached hydrogen (secondary N) is 2. The van der Waals surface area contributed by atoms with Crippen LogP contribution in [-0.2, 0) is 11.3 Å². The SMILES string of the molecule is CC(NCc1cccc(/C(N)=N/O)c1)C(=O)NC(C)(C)C. The molecule has 0 bridgehead atoms. The van der Waals surface area contributed by atoms with Crippen LogP contribution >= 0.6 is 0 Å². The largest absolute Gasteiger partial charge is 0.409 e. The highest BCUT2D eigenvalue weighted by atomic mass is 16.4. The van der Waals surface area contributed by atoms with Crippen LogP contribution in [-0.4, -0.2) is 28.5 Å². The zero-order chi connectivity index (χ0) is 16.0. The summed E-state index contributed by atoms with van der Waals surface area (Å²) < 4.78 is 0.